The van der Waals surface area contributed by atoms with E-state index in [1.54, 1.807) is 6.07 Å². The van der Waals surface area contributed by atoms with Crippen LogP contribution in [0.1, 0.15) is 24.0 Å². The van der Waals surface area contributed by atoms with E-state index in [4.69, 9.17) is 9.84 Å². The molecule has 5 heteroatoms. The number of benzene rings is 1. The zero-order valence-electron chi connectivity index (χ0n) is 10.9. The van der Waals surface area contributed by atoms with E-state index >= 15 is 0 Å². The first-order chi connectivity index (χ1) is 9.11. The molecule has 4 nitrogen and oxygen atoms in total. The van der Waals surface area contributed by atoms with Gasteiger partial charge < -0.3 is 9.84 Å². The Hall–Kier alpha value is -1.46. The van der Waals surface area contributed by atoms with Crippen LogP contribution in [0.25, 0.3) is 0 Å². The van der Waals surface area contributed by atoms with Crippen LogP contribution in [0.5, 0.6) is 0 Å². The Morgan fingerprint density at radius 3 is 2.79 bits per heavy atom. The van der Waals surface area contributed by atoms with Gasteiger partial charge in [0.1, 0.15) is 11.4 Å². The van der Waals surface area contributed by atoms with Gasteiger partial charge in [0.25, 0.3) is 0 Å². The fourth-order valence-electron chi connectivity index (χ4n) is 2.16. The van der Waals surface area contributed by atoms with Gasteiger partial charge in [0.05, 0.1) is 7.11 Å². The monoisotopic (exact) mass is 267 g/mol. The molecule has 0 unspecified atom stereocenters. The van der Waals surface area contributed by atoms with E-state index in [-0.39, 0.29) is 18.4 Å². The van der Waals surface area contributed by atoms with E-state index in [2.05, 4.69) is 5.32 Å². The van der Waals surface area contributed by atoms with Crippen molar-refractivity contribution < 1.29 is 19.0 Å². The summed E-state index contributed by atoms with van der Waals surface area (Å²) in [4.78, 5) is 11.6. The molecule has 0 heterocycles. The SMILES string of the molecule is COC(=O)C1(NCc2cc(F)ccc2CCO)CC1. The van der Waals surface area contributed by atoms with Gasteiger partial charge in [0.15, 0.2) is 0 Å². The Balaban J connectivity index is 2.06. The Bertz CT molecular complexity index is 472. The van der Waals surface area contributed by atoms with Crippen molar-refractivity contribution in [2.24, 2.45) is 0 Å². The molecule has 2 N–H and O–H groups in total. The molecule has 0 radical (unpaired) electrons. The van der Waals surface area contributed by atoms with Crippen molar-refractivity contribution in [3.05, 3.63) is 35.1 Å². The average Bonchev–Trinajstić information content (AvgIpc) is 3.19. The maximum Gasteiger partial charge on any atom is 0.326 e. The zero-order valence-corrected chi connectivity index (χ0v) is 10.9. The summed E-state index contributed by atoms with van der Waals surface area (Å²) in [5.41, 5.74) is 1.05. The molecule has 0 aromatic heterocycles. The third-order valence-electron chi connectivity index (χ3n) is 3.49. The number of carbonyl (C=O) groups is 1. The third-order valence-corrected chi connectivity index (χ3v) is 3.49. The lowest BCUT2D eigenvalue weighted by molar-refractivity contribution is -0.144. The lowest BCUT2D eigenvalue weighted by atomic mass is 10.0. The van der Waals surface area contributed by atoms with Crippen molar-refractivity contribution in [2.75, 3.05) is 13.7 Å². The van der Waals surface area contributed by atoms with Crippen molar-refractivity contribution in [3.8, 4) is 0 Å². The Labute approximate surface area is 111 Å². The lowest BCUT2D eigenvalue weighted by Gasteiger charge is -2.16. The second kappa shape index (κ2) is 5.67. The summed E-state index contributed by atoms with van der Waals surface area (Å²) in [6, 6.07) is 4.48. The summed E-state index contributed by atoms with van der Waals surface area (Å²) in [5, 5.41) is 12.1. The molecule has 104 valence electrons. The van der Waals surface area contributed by atoms with Crippen molar-refractivity contribution >= 4 is 5.97 Å². The number of halogens is 1. The molecule has 1 aliphatic rings. The smallest absolute Gasteiger partial charge is 0.326 e. The highest BCUT2D eigenvalue weighted by atomic mass is 19.1. The van der Waals surface area contributed by atoms with Crippen LogP contribution in [0.3, 0.4) is 0 Å². The van der Waals surface area contributed by atoms with Crippen LogP contribution in [0, 0.1) is 5.82 Å². The summed E-state index contributed by atoms with van der Waals surface area (Å²) >= 11 is 0. The van der Waals surface area contributed by atoms with Gasteiger partial charge in [-0.1, -0.05) is 6.07 Å². The zero-order chi connectivity index (χ0) is 13.9. The van der Waals surface area contributed by atoms with Crippen LogP contribution < -0.4 is 5.32 Å². The van der Waals surface area contributed by atoms with Crippen LogP contribution in [0.15, 0.2) is 18.2 Å². The molecular weight excluding hydrogens is 249 g/mol. The lowest BCUT2D eigenvalue weighted by Crippen LogP contribution is -2.39. The van der Waals surface area contributed by atoms with Crippen molar-refractivity contribution in [2.45, 2.75) is 31.3 Å². The largest absolute Gasteiger partial charge is 0.468 e. The van der Waals surface area contributed by atoms with Gasteiger partial charge in [0, 0.05) is 13.2 Å². The Morgan fingerprint density at radius 2 is 2.21 bits per heavy atom. The number of aliphatic hydroxyl groups is 1. The molecule has 19 heavy (non-hydrogen) atoms. The number of hydrogen-bond acceptors (Lipinski definition) is 4. The van der Waals surface area contributed by atoms with E-state index in [0.29, 0.717) is 13.0 Å². The number of aliphatic hydroxyl groups excluding tert-OH is 1. The fourth-order valence-corrected chi connectivity index (χ4v) is 2.16. The molecule has 1 aromatic carbocycles. The molecule has 1 aliphatic carbocycles. The molecule has 0 saturated heterocycles. The van der Waals surface area contributed by atoms with Gasteiger partial charge in [-0.05, 0) is 42.5 Å². The van der Waals surface area contributed by atoms with Gasteiger partial charge in [-0.15, -0.1) is 0 Å². The summed E-state index contributed by atoms with van der Waals surface area (Å²) in [6.45, 7) is 0.406. The molecule has 1 aromatic rings. The first-order valence-electron chi connectivity index (χ1n) is 6.33. The minimum atomic E-state index is -0.600. The summed E-state index contributed by atoms with van der Waals surface area (Å²) in [7, 11) is 1.36. The summed E-state index contributed by atoms with van der Waals surface area (Å²) in [6.07, 6.45) is 1.96. The highest BCUT2D eigenvalue weighted by molar-refractivity contribution is 5.84. The molecule has 0 atom stereocenters. The molecule has 0 bridgehead atoms. The number of carbonyl (C=O) groups excluding carboxylic acids is 1. The van der Waals surface area contributed by atoms with E-state index in [1.807, 2.05) is 0 Å². The van der Waals surface area contributed by atoms with Gasteiger partial charge in [-0.3, -0.25) is 10.1 Å². The topological polar surface area (TPSA) is 58.6 Å². The standard InChI is InChI=1S/C14H18FNO3/c1-19-13(18)14(5-6-14)16-9-11-8-12(15)3-2-10(11)4-7-17/h2-3,8,16-17H,4-7,9H2,1H3. The first-order valence-corrected chi connectivity index (χ1v) is 6.33. The van der Waals surface area contributed by atoms with E-state index in [0.717, 1.165) is 24.0 Å². The van der Waals surface area contributed by atoms with Crippen LogP contribution >= 0.6 is 0 Å². The molecule has 0 amide bonds. The van der Waals surface area contributed by atoms with Gasteiger partial charge >= 0.3 is 5.97 Å². The second-order valence-electron chi connectivity index (χ2n) is 4.81. The first kappa shape index (κ1) is 14.0. The number of hydrogen-bond donors (Lipinski definition) is 2. The minimum absolute atomic E-state index is 0.0147. The Kier molecular flexibility index (Phi) is 4.17. The van der Waals surface area contributed by atoms with E-state index in [1.165, 1.54) is 19.2 Å². The number of nitrogens with one attached hydrogen (secondary N) is 1. The molecule has 1 saturated carbocycles. The second-order valence-corrected chi connectivity index (χ2v) is 4.81. The predicted octanol–water partition coefficient (Wildman–Crippen LogP) is 1.16. The summed E-state index contributed by atoms with van der Waals surface area (Å²) < 4.78 is 18.0. The van der Waals surface area contributed by atoms with Crippen molar-refractivity contribution in [1.29, 1.82) is 0 Å². The molecule has 2 rings (SSSR count). The van der Waals surface area contributed by atoms with E-state index < -0.39 is 5.54 Å². The molecule has 0 spiro atoms. The summed E-state index contributed by atoms with van der Waals surface area (Å²) in [5.74, 6) is -0.589. The fraction of sp³-hybridized carbons (Fsp3) is 0.500. The van der Waals surface area contributed by atoms with Crippen molar-refractivity contribution in [3.63, 3.8) is 0 Å². The van der Waals surface area contributed by atoms with Crippen LogP contribution in [-0.4, -0.2) is 30.3 Å². The maximum absolute atomic E-state index is 13.3. The number of esters is 1. The highest BCUT2D eigenvalue weighted by Crippen LogP contribution is 2.36. The van der Waals surface area contributed by atoms with Crippen LogP contribution in [0.4, 0.5) is 4.39 Å². The van der Waals surface area contributed by atoms with Gasteiger partial charge in [0.2, 0.25) is 0 Å². The number of methoxy groups -OCH3 is 1. The molecular formula is C14H18FNO3. The van der Waals surface area contributed by atoms with Crippen LogP contribution in [0.2, 0.25) is 0 Å². The predicted molar refractivity (Wildman–Crippen MR) is 68.0 cm³/mol. The normalized spacial score (nSPS) is 16.2. The van der Waals surface area contributed by atoms with E-state index in [9.17, 15) is 9.18 Å². The molecule has 1 fully saturated rings. The van der Waals surface area contributed by atoms with Crippen LogP contribution in [-0.2, 0) is 22.5 Å². The number of rotatable bonds is 6. The minimum Gasteiger partial charge on any atom is -0.468 e. The van der Waals surface area contributed by atoms with Crippen molar-refractivity contribution in [1.82, 2.24) is 5.32 Å². The Morgan fingerprint density at radius 1 is 1.47 bits per heavy atom. The number of ether oxygens (including phenoxy) is 1. The molecule has 0 aliphatic heterocycles. The average molecular weight is 267 g/mol. The third kappa shape index (κ3) is 3.11. The quantitative estimate of drug-likeness (QED) is 0.759. The van der Waals surface area contributed by atoms with Gasteiger partial charge in [-0.25, -0.2) is 4.39 Å². The maximum atomic E-state index is 13.3. The highest BCUT2D eigenvalue weighted by Gasteiger charge is 2.50. The van der Waals surface area contributed by atoms with Gasteiger partial charge in [-0.2, -0.15) is 0 Å².